The number of hydrogen-bond donors (Lipinski definition) is 1. The van der Waals surface area contributed by atoms with Crippen molar-refractivity contribution >= 4 is 34.5 Å². The first kappa shape index (κ1) is 14.5. The van der Waals surface area contributed by atoms with Gasteiger partial charge in [-0.25, -0.2) is 10.4 Å². The van der Waals surface area contributed by atoms with E-state index in [1.54, 1.807) is 23.9 Å². The third kappa shape index (κ3) is 3.23. The number of nitrogens with zero attached hydrogens (tertiary/aromatic N) is 3. The van der Waals surface area contributed by atoms with E-state index in [0.29, 0.717) is 6.54 Å². The van der Waals surface area contributed by atoms with Gasteiger partial charge in [-0.3, -0.25) is 4.79 Å². The Morgan fingerprint density at radius 1 is 1.41 bits per heavy atom. The molecular formula is C16H16N4OS. The van der Waals surface area contributed by atoms with Crippen LogP contribution in [0.25, 0.3) is 11.0 Å². The lowest BCUT2D eigenvalue weighted by atomic mass is 10.1. The van der Waals surface area contributed by atoms with Gasteiger partial charge in [-0.2, -0.15) is 5.10 Å². The fourth-order valence-corrected chi connectivity index (χ4v) is 2.75. The van der Waals surface area contributed by atoms with E-state index in [0.717, 1.165) is 15.9 Å². The van der Waals surface area contributed by atoms with Crippen molar-refractivity contribution < 1.29 is 4.79 Å². The number of benzene rings is 1. The monoisotopic (exact) mass is 312 g/mol. The predicted molar refractivity (Wildman–Crippen MR) is 89.0 cm³/mol. The second kappa shape index (κ2) is 6.53. The molecule has 3 aromatic rings. The molecule has 112 valence electrons. The van der Waals surface area contributed by atoms with Crippen molar-refractivity contribution in [3.63, 3.8) is 0 Å². The molecule has 2 aromatic heterocycles. The number of carbonyl (C=O) groups is 1. The number of nitrogens with one attached hydrogen (secondary N) is 1. The minimum Gasteiger partial charge on any atom is -0.330 e. The first-order valence-corrected chi connectivity index (χ1v) is 7.88. The summed E-state index contributed by atoms with van der Waals surface area (Å²) >= 11 is 1.58. The molecule has 0 spiro atoms. The van der Waals surface area contributed by atoms with Crippen LogP contribution in [0.15, 0.2) is 53.2 Å². The molecule has 3 rings (SSSR count). The van der Waals surface area contributed by atoms with Gasteiger partial charge in [-0.15, -0.1) is 11.3 Å². The van der Waals surface area contributed by atoms with E-state index in [1.165, 1.54) is 0 Å². The average molecular weight is 312 g/mol. The van der Waals surface area contributed by atoms with Crippen molar-refractivity contribution in [3.8, 4) is 0 Å². The van der Waals surface area contributed by atoms with Gasteiger partial charge in [-0.1, -0.05) is 25.1 Å². The van der Waals surface area contributed by atoms with E-state index in [9.17, 15) is 4.79 Å². The first-order valence-electron chi connectivity index (χ1n) is 7.00. The number of imidazole rings is 1. The molecule has 1 unspecified atom stereocenters. The Bertz CT molecular complexity index is 791. The largest absolute Gasteiger partial charge is 0.330 e. The Hall–Kier alpha value is -2.47. The van der Waals surface area contributed by atoms with Gasteiger partial charge in [-0.05, 0) is 23.6 Å². The molecule has 0 saturated heterocycles. The van der Waals surface area contributed by atoms with Gasteiger partial charge in [0.2, 0.25) is 5.91 Å². The first-order chi connectivity index (χ1) is 10.7. The number of hydrazone groups is 1. The highest BCUT2D eigenvalue weighted by Gasteiger charge is 2.14. The summed E-state index contributed by atoms with van der Waals surface area (Å²) in [6.07, 6.45) is 3.42. The maximum absolute atomic E-state index is 12.1. The lowest BCUT2D eigenvalue weighted by Gasteiger charge is -2.11. The molecule has 0 radical (unpaired) electrons. The Morgan fingerprint density at radius 2 is 2.27 bits per heavy atom. The number of thiophene rings is 1. The minimum absolute atomic E-state index is 0.106. The third-order valence-electron chi connectivity index (χ3n) is 3.36. The summed E-state index contributed by atoms with van der Waals surface area (Å²) in [6, 6.07) is 11.8. The molecule has 1 aromatic carbocycles. The predicted octanol–water partition coefficient (Wildman–Crippen LogP) is 2.88. The number of hydrogen-bond acceptors (Lipinski definition) is 4. The number of rotatable bonds is 5. The number of fused-ring (bicyclic) bond motifs is 1. The highest BCUT2D eigenvalue weighted by Crippen LogP contribution is 2.13. The van der Waals surface area contributed by atoms with Crippen molar-refractivity contribution in [1.29, 1.82) is 0 Å². The third-order valence-corrected chi connectivity index (χ3v) is 4.16. The van der Waals surface area contributed by atoms with Gasteiger partial charge in [0.25, 0.3) is 0 Å². The van der Waals surface area contributed by atoms with E-state index in [2.05, 4.69) is 15.5 Å². The van der Waals surface area contributed by atoms with Gasteiger partial charge in [0.05, 0.1) is 29.5 Å². The summed E-state index contributed by atoms with van der Waals surface area (Å²) in [5.41, 5.74) is 4.55. The van der Waals surface area contributed by atoms with Gasteiger partial charge in [0.1, 0.15) is 0 Å². The van der Waals surface area contributed by atoms with Crippen LogP contribution >= 0.6 is 11.3 Å². The molecule has 2 heterocycles. The molecule has 0 aliphatic heterocycles. The Balaban J connectivity index is 1.61. The maximum atomic E-state index is 12.1. The van der Waals surface area contributed by atoms with Gasteiger partial charge in [0, 0.05) is 11.4 Å². The lowest BCUT2D eigenvalue weighted by molar-refractivity contribution is -0.124. The van der Waals surface area contributed by atoms with E-state index < -0.39 is 0 Å². The van der Waals surface area contributed by atoms with E-state index in [-0.39, 0.29) is 11.8 Å². The van der Waals surface area contributed by atoms with E-state index >= 15 is 0 Å². The van der Waals surface area contributed by atoms with Crippen molar-refractivity contribution in [3.05, 3.63) is 53.0 Å². The maximum Gasteiger partial charge on any atom is 0.244 e. The molecule has 0 fully saturated rings. The van der Waals surface area contributed by atoms with Crippen LogP contribution in [0.2, 0.25) is 0 Å². The highest BCUT2D eigenvalue weighted by molar-refractivity contribution is 7.11. The smallest absolute Gasteiger partial charge is 0.244 e. The Morgan fingerprint density at radius 3 is 3.09 bits per heavy atom. The standard InChI is InChI=1S/C16H16N4OS/c1-12(16(21)19-18-9-13-5-4-8-22-13)10-20-11-17-14-6-2-3-7-15(14)20/h2-9,11-12H,10H2,1H3,(H,19,21)/b18-9+. The molecule has 0 saturated carbocycles. The lowest BCUT2D eigenvalue weighted by Crippen LogP contribution is -2.27. The van der Waals surface area contributed by atoms with Crippen LogP contribution in [-0.2, 0) is 11.3 Å². The van der Waals surface area contributed by atoms with Crippen molar-refractivity contribution in [2.24, 2.45) is 11.0 Å². The van der Waals surface area contributed by atoms with Gasteiger partial charge >= 0.3 is 0 Å². The van der Waals surface area contributed by atoms with Crippen LogP contribution in [0.3, 0.4) is 0 Å². The minimum atomic E-state index is -0.196. The van der Waals surface area contributed by atoms with Crippen molar-refractivity contribution in [1.82, 2.24) is 15.0 Å². The van der Waals surface area contributed by atoms with Gasteiger partial charge in [0.15, 0.2) is 0 Å². The van der Waals surface area contributed by atoms with E-state index in [1.807, 2.05) is 53.3 Å². The van der Waals surface area contributed by atoms with Crippen LogP contribution < -0.4 is 5.43 Å². The molecule has 0 aliphatic rings. The number of amides is 1. The van der Waals surface area contributed by atoms with Crippen LogP contribution in [0.4, 0.5) is 0 Å². The quantitative estimate of drug-likeness (QED) is 0.582. The highest BCUT2D eigenvalue weighted by atomic mass is 32.1. The summed E-state index contributed by atoms with van der Waals surface area (Å²) < 4.78 is 1.99. The summed E-state index contributed by atoms with van der Waals surface area (Å²) in [4.78, 5) is 17.4. The zero-order chi connectivity index (χ0) is 15.4. The molecule has 0 bridgehead atoms. The van der Waals surface area contributed by atoms with E-state index in [4.69, 9.17) is 0 Å². The van der Waals surface area contributed by atoms with Crippen LogP contribution in [0.1, 0.15) is 11.8 Å². The number of para-hydroxylation sites is 2. The molecule has 6 heteroatoms. The fraction of sp³-hybridized carbons (Fsp3) is 0.188. The molecular weight excluding hydrogens is 296 g/mol. The molecule has 1 atom stereocenters. The number of carbonyl (C=O) groups excluding carboxylic acids is 1. The topological polar surface area (TPSA) is 59.3 Å². The average Bonchev–Trinajstić information content (AvgIpc) is 3.17. The van der Waals surface area contributed by atoms with Crippen LogP contribution in [0, 0.1) is 5.92 Å². The van der Waals surface area contributed by atoms with Crippen molar-refractivity contribution in [2.75, 3.05) is 0 Å². The second-order valence-electron chi connectivity index (χ2n) is 5.04. The van der Waals surface area contributed by atoms with Gasteiger partial charge < -0.3 is 4.57 Å². The normalized spacial score (nSPS) is 12.8. The fourth-order valence-electron chi connectivity index (χ4n) is 2.17. The Labute approximate surface area is 132 Å². The number of aromatic nitrogens is 2. The zero-order valence-electron chi connectivity index (χ0n) is 12.1. The molecule has 5 nitrogen and oxygen atoms in total. The van der Waals surface area contributed by atoms with Crippen molar-refractivity contribution in [2.45, 2.75) is 13.5 Å². The zero-order valence-corrected chi connectivity index (χ0v) is 13.0. The molecule has 1 N–H and O–H groups in total. The van der Waals surface area contributed by atoms with Crippen LogP contribution in [0.5, 0.6) is 0 Å². The Kier molecular flexibility index (Phi) is 4.29. The second-order valence-corrected chi connectivity index (χ2v) is 6.02. The summed E-state index contributed by atoms with van der Waals surface area (Å²) in [5.74, 6) is -0.302. The van der Waals surface area contributed by atoms with Crippen LogP contribution in [-0.4, -0.2) is 21.7 Å². The molecule has 1 amide bonds. The summed E-state index contributed by atoms with van der Waals surface area (Å²) in [5, 5.41) is 5.96. The summed E-state index contributed by atoms with van der Waals surface area (Å²) in [6.45, 7) is 2.45. The summed E-state index contributed by atoms with van der Waals surface area (Å²) in [7, 11) is 0. The molecule has 22 heavy (non-hydrogen) atoms. The SMILES string of the molecule is CC(Cn1cnc2ccccc21)C(=O)N/N=C/c1cccs1. The molecule has 0 aliphatic carbocycles.